The van der Waals surface area contributed by atoms with Crippen LogP contribution in [0.25, 0.3) is 0 Å². The molecule has 0 fully saturated rings. The molecule has 0 aliphatic carbocycles. The van der Waals surface area contributed by atoms with Crippen LogP contribution in [0.1, 0.15) is 25.3 Å². The number of hydrogen-bond donors (Lipinski definition) is 1. The fourth-order valence-electron chi connectivity index (χ4n) is 2.08. The smallest absolute Gasteiger partial charge is 0.161 e. The van der Waals surface area contributed by atoms with Crippen LogP contribution in [0.3, 0.4) is 0 Å². The molecular weight excluding hydrogens is 322 g/mol. The average Bonchev–Trinajstić information content (AvgIpc) is 2.45. The van der Waals surface area contributed by atoms with E-state index < -0.39 is 0 Å². The Morgan fingerprint density at radius 3 is 2.35 bits per heavy atom. The number of nitrogens with one attached hydrogen (secondary N) is 1. The first kappa shape index (κ1) is 17.3. The first-order chi connectivity index (χ1) is 9.65. The van der Waals surface area contributed by atoms with Gasteiger partial charge in [-0.1, -0.05) is 29.3 Å². The van der Waals surface area contributed by atoms with Crippen LogP contribution in [-0.4, -0.2) is 34.0 Å². The third kappa shape index (κ3) is 4.96. The van der Waals surface area contributed by atoms with Gasteiger partial charge in [0.15, 0.2) is 11.5 Å². The zero-order valence-corrected chi connectivity index (χ0v) is 14.2. The molecule has 20 heavy (non-hydrogen) atoms. The molecule has 0 saturated heterocycles. The van der Waals surface area contributed by atoms with E-state index >= 15 is 0 Å². The van der Waals surface area contributed by atoms with Crippen LogP contribution in [-0.2, 0) is 11.3 Å². The van der Waals surface area contributed by atoms with Crippen molar-refractivity contribution in [3.8, 4) is 11.5 Å². The largest absolute Gasteiger partial charge is 0.493 e. The summed E-state index contributed by atoms with van der Waals surface area (Å²) in [7, 11) is 5.02. The Morgan fingerprint density at radius 1 is 1.15 bits per heavy atom. The summed E-state index contributed by atoms with van der Waals surface area (Å²) in [6, 6.07) is 4.29. The van der Waals surface area contributed by atoms with Gasteiger partial charge in [0.2, 0.25) is 0 Å². The summed E-state index contributed by atoms with van der Waals surface area (Å²) in [6.45, 7) is 3.66. The molecule has 0 bridgehead atoms. The van der Waals surface area contributed by atoms with Crippen LogP contribution in [0.2, 0.25) is 0 Å². The van der Waals surface area contributed by atoms with E-state index in [9.17, 15) is 0 Å². The molecule has 0 aromatic heterocycles. The fraction of sp³-hybridized carbons (Fsp3) is 0.600. The second-order valence-electron chi connectivity index (χ2n) is 4.62. The van der Waals surface area contributed by atoms with Gasteiger partial charge >= 0.3 is 0 Å². The number of rotatable bonds is 9. The highest BCUT2D eigenvalue weighted by molar-refractivity contribution is 9.10. The lowest BCUT2D eigenvalue weighted by Gasteiger charge is -2.18. The maximum Gasteiger partial charge on any atom is 0.161 e. The summed E-state index contributed by atoms with van der Waals surface area (Å²) in [5, 5.41) is 3.52. The van der Waals surface area contributed by atoms with Crippen molar-refractivity contribution >= 4 is 15.9 Å². The lowest BCUT2D eigenvalue weighted by Crippen LogP contribution is -2.32. The van der Waals surface area contributed by atoms with Crippen molar-refractivity contribution in [2.45, 2.75) is 32.4 Å². The Balaban J connectivity index is 2.76. The van der Waals surface area contributed by atoms with Gasteiger partial charge in [-0.3, -0.25) is 0 Å². The average molecular weight is 346 g/mol. The van der Waals surface area contributed by atoms with Gasteiger partial charge < -0.3 is 19.5 Å². The zero-order valence-electron chi connectivity index (χ0n) is 12.7. The van der Waals surface area contributed by atoms with E-state index in [0.29, 0.717) is 6.04 Å². The number of methoxy groups -OCH3 is 3. The first-order valence-electron chi connectivity index (χ1n) is 6.78. The molecule has 0 aliphatic rings. The molecular formula is C15H24BrNO3. The van der Waals surface area contributed by atoms with Crippen molar-refractivity contribution in [3.05, 3.63) is 22.2 Å². The maximum atomic E-state index is 5.34. The minimum absolute atomic E-state index is 0.366. The topological polar surface area (TPSA) is 39.7 Å². The van der Waals surface area contributed by atoms with Crippen molar-refractivity contribution < 1.29 is 14.2 Å². The van der Waals surface area contributed by atoms with Crippen LogP contribution >= 0.6 is 15.9 Å². The Kier molecular flexibility index (Phi) is 7.95. The Morgan fingerprint density at radius 2 is 1.80 bits per heavy atom. The molecule has 0 aliphatic heterocycles. The van der Waals surface area contributed by atoms with Gasteiger partial charge in [-0.05, 0) is 24.1 Å². The molecule has 1 rings (SSSR count). The van der Waals surface area contributed by atoms with E-state index in [2.05, 4.69) is 28.2 Å². The highest BCUT2D eigenvalue weighted by Gasteiger charge is 2.12. The predicted octanol–water partition coefficient (Wildman–Crippen LogP) is 3.37. The van der Waals surface area contributed by atoms with Gasteiger partial charge in [-0.25, -0.2) is 0 Å². The predicted molar refractivity (Wildman–Crippen MR) is 84.7 cm³/mol. The summed E-state index contributed by atoms with van der Waals surface area (Å²) in [5.41, 5.74) is 1.14. The zero-order chi connectivity index (χ0) is 15.0. The van der Waals surface area contributed by atoms with E-state index in [4.69, 9.17) is 14.2 Å². The van der Waals surface area contributed by atoms with E-state index in [1.807, 2.05) is 12.1 Å². The molecule has 0 heterocycles. The highest BCUT2D eigenvalue weighted by Crippen LogP contribution is 2.33. The lowest BCUT2D eigenvalue weighted by molar-refractivity contribution is 0.161. The van der Waals surface area contributed by atoms with Gasteiger partial charge in [0.1, 0.15) is 0 Å². The van der Waals surface area contributed by atoms with Gasteiger partial charge in [0.25, 0.3) is 0 Å². The summed E-state index contributed by atoms with van der Waals surface area (Å²) in [4.78, 5) is 0. The van der Waals surface area contributed by atoms with Gasteiger partial charge in [-0.15, -0.1) is 0 Å². The molecule has 1 N–H and O–H groups in total. The van der Waals surface area contributed by atoms with Gasteiger partial charge in [0.05, 0.1) is 20.8 Å². The van der Waals surface area contributed by atoms with Gasteiger partial charge in [-0.2, -0.15) is 0 Å². The second-order valence-corrected chi connectivity index (χ2v) is 5.47. The maximum absolute atomic E-state index is 5.34. The van der Waals surface area contributed by atoms with E-state index in [0.717, 1.165) is 47.5 Å². The summed E-state index contributed by atoms with van der Waals surface area (Å²) < 4.78 is 16.9. The van der Waals surface area contributed by atoms with Crippen LogP contribution < -0.4 is 14.8 Å². The molecule has 0 radical (unpaired) electrons. The third-order valence-corrected chi connectivity index (χ3v) is 3.88. The molecule has 4 nitrogen and oxygen atoms in total. The number of ether oxygens (including phenoxy) is 3. The normalized spacial score (nSPS) is 12.2. The third-order valence-electron chi connectivity index (χ3n) is 3.14. The van der Waals surface area contributed by atoms with Crippen LogP contribution in [0.5, 0.6) is 11.5 Å². The minimum atomic E-state index is 0.366. The molecule has 5 heteroatoms. The van der Waals surface area contributed by atoms with Crippen molar-refractivity contribution in [2.24, 2.45) is 0 Å². The summed E-state index contributed by atoms with van der Waals surface area (Å²) in [6.07, 6.45) is 2.23. The molecule has 114 valence electrons. The van der Waals surface area contributed by atoms with Crippen molar-refractivity contribution in [1.82, 2.24) is 5.32 Å². The minimum Gasteiger partial charge on any atom is -0.493 e. The standard InChI is InChI=1S/C15H24BrNO3/c1-5-6-12(10-18-2)17-9-11-7-14(19-3)15(20-4)8-13(11)16/h7-8,12,17H,5-6,9-10H2,1-4H3. The first-order valence-corrected chi connectivity index (χ1v) is 7.58. The highest BCUT2D eigenvalue weighted by atomic mass is 79.9. The molecule has 0 spiro atoms. The van der Waals surface area contributed by atoms with Gasteiger partial charge in [0, 0.05) is 24.2 Å². The molecule has 1 atom stereocenters. The second kappa shape index (κ2) is 9.21. The van der Waals surface area contributed by atoms with Crippen LogP contribution in [0.15, 0.2) is 16.6 Å². The van der Waals surface area contributed by atoms with Crippen LogP contribution in [0, 0.1) is 0 Å². The fourth-order valence-corrected chi connectivity index (χ4v) is 2.54. The lowest BCUT2D eigenvalue weighted by atomic mass is 10.1. The van der Waals surface area contributed by atoms with Crippen molar-refractivity contribution in [1.29, 1.82) is 0 Å². The van der Waals surface area contributed by atoms with E-state index in [1.54, 1.807) is 21.3 Å². The molecule has 1 unspecified atom stereocenters. The number of benzene rings is 1. The van der Waals surface area contributed by atoms with Crippen molar-refractivity contribution in [2.75, 3.05) is 27.9 Å². The van der Waals surface area contributed by atoms with Crippen molar-refractivity contribution in [3.63, 3.8) is 0 Å². The Bertz CT molecular complexity index is 406. The molecule has 1 aromatic rings. The Hall–Kier alpha value is -0.780. The van der Waals surface area contributed by atoms with E-state index in [1.165, 1.54) is 0 Å². The monoisotopic (exact) mass is 345 g/mol. The van der Waals surface area contributed by atoms with E-state index in [-0.39, 0.29) is 0 Å². The SMILES string of the molecule is CCCC(COC)NCc1cc(OC)c(OC)cc1Br. The Labute approximate surface area is 129 Å². The number of halogens is 1. The number of hydrogen-bond acceptors (Lipinski definition) is 4. The summed E-state index contributed by atoms with van der Waals surface area (Å²) >= 11 is 3.57. The molecule has 0 amide bonds. The van der Waals surface area contributed by atoms with Crippen LogP contribution in [0.4, 0.5) is 0 Å². The molecule has 1 aromatic carbocycles. The molecule has 0 saturated carbocycles. The quantitative estimate of drug-likeness (QED) is 0.744. The summed E-state index contributed by atoms with van der Waals surface area (Å²) in [5.74, 6) is 1.47.